The molecule has 0 aliphatic rings. The second-order valence-electron chi connectivity index (χ2n) is 8.96. The molecule has 8 nitrogen and oxygen atoms in total. The van der Waals surface area contributed by atoms with E-state index in [2.05, 4.69) is 15.8 Å². The van der Waals surface area contributed by atoms with E-state index >= 15 is 0 Å². The number of nitrogens with zero attached hydrogens (tertiary/aromatic N) is 2. The van der Waals surface area contributed by atoms with Crippen LogP contribution in [0.4, 0.5) is 5.82 Å². The van der Waals surface area contributed by atoms with E-state index in [1.165, 1.54) is 0 Å². The number of nitrogens with one attached hydrogen (secondary N) is 2. The van der Waals surface area contributed by atoms with Crippen molar-refractivity contribution in [2.75, 3.05) is 11.9 Å². The fourth-order valence-electron chi connectivity index (χ4n) is 3.36. The van der Waals surface area contributed by atoms with E-state index in [-0.39, 0.29) is 30.6 Å². The Balaban J connectivity index is 2.27. The minimum atomic E-state index is -0.903. The number of unbranched alkanes of at least 4 members (excludes halogenated alkanes) is 1. The molecule has 2 N–H and O–H groups in total. The Morgan fingerprint density at radius 1 is 1.18 bits per heavy atom. The third kappa shape index (κ3) is 7.87. The average Bonchev–Trinajstić information content (AvgIpc) is 3.19. The van der Waals surface area contributed by atoms with Crippen LogP contribution in [0.15, 0.2) is 34.9 Å². The Morgan fingerprint density at radius 2 is 1.88 bits per heavy atom. The number of halogens is 1. The summed E-state index contributed by atoms with van der Waals surface area (Å²) >= 11 is 6.47. The number of rotatable bonds is 12. The molecule has 0 spiro atoms. The molecule has 0 aliphatic carbocycles. The molecule has 0 radical (unpaired) electrons. The van der Waals surface area contributed by atoms with Gasteiger partial charge in [-0.2, -0.15) is 0 Å². The topological polar surface area (TPSA) is 105 Å². The molecule has 9 heteroatoms. The number of benzene rings is 1. The van der Waals surface area contributed by atoms with E-state index in [1.807, 2.05) is 27.7 Å². The van der Waals surface area contributed by atoms with Gasteiger partial charge in [0.2, 0.25) is 17.7 Å². The van der Waals surface area contributed by atoms with Crippen LogP contribution in [0.25, 0.3) is 0 Å². The van der Waals surface area contributed by atoms with Gasteiger partial charge in [-0.3, -0.25) is 14.4 Å². The van der Waals surface area contributed by atoms with E-state index in [0.717, 1.165) is 12.8 Å². The molecule has 34 heavy (non-hydrogen) atoms. The van der Waals surface area contributed by atoms with Crippen molar-refractivity contribution >= 4 is 35.1 Å². The monoisotopic (exact) mass is 490 g/mol. The summed E-state index contributed by atoms with van der Waals surface area (Å²) in [6.07, 6.45) is 2.16. The SMILES string of the molecule is CCCCN(C(=O)CCC(=O)Nc1cc(C)on1)[C@H](C(=O)NC(C)(C)CC)c1ccccc1Cl. The number of aromatic nitrogens is 1. The summed E-state index contributed by atoms with van der Waals surface area (Å²) in [5.41, 5.74) is 0.103. The maximum atomic E-state index is 13.5. The Labute approximate surface area is 206 Å². The smallest absolute Gasteiger partial charge is 0.247 e. The van der Waals surface area contributed by atoms with Gasteiger partial charge >= 0.3 is 0 Å². The predicted octanol–water partition coefficient (Wildman–Crippen LogP) is 5.03. The molecule has 0 unspecified atom stereocenters. The van der Waals surface area contributed by atoms with Crippen LogP contribution < -0.4 is 10.6 Å². The van der Waals surface area contributed by atoms with Crippen molar-refractivity contribution in [3.8, 4) is 0 Å². The molecular weight excluding hydrogens is 456 g/mol. The summed E-state index contributed by atoms with van der Waals surface area (Å²) in [4.78, 5) is 40.8. The maximum absolute atomic E-state index is 13.5. The standard InChI is InChI=1S/C25H35ClN4O4/c1-6-8-15-30(22(32)14-13-21(31)27-20-16-17(3)34-29-20)23(18-11-9-10-12-19(18)26)24(33)28-25(4,5)7-2/h9-12,16,23H,6-8,13-15H2,1-5H3,(H,28,33)(H,27,29,31)/t23-/m0/s1. The van der Waals surface area contributed by atoms with Crippen molar-refractivity contribution in [1.82, 2.24) is 15.4 Å². The predicted molar refractivity (Wildman–Crippen MR) is 132 cm³/mol. The van der Waals surface area contributed by atoms with Gasteiger partial charge in [-0.15, -0.1) is 0 Å². The van der Waals surface area contributed by atoms with Gasteiger partial charge in [-0.1, -0.05) is 55.2 Å². The number of aryl methyl sites for hydroxylation is 1. The van der Waals surface area contributed by atoms with Gasteiger partial charge in [-0.25, -0.2) is 0 Å². The van der Waals surface area contributed by atoms with Crippen LogP contribution in [0.5, 0.6) is 0 Å². The molecule has 0 saturated carbocycles. The largest absolute Gasteiger partial charge is 0.360 e. The zero-order valence-corrected chi connectivity index (χ0v) is 21.4. The molecule has 0 bridgehead atoms. The molecule has 1 heterocycles. The highest BCUT2D eigenvalue weighted by atomic mass is 35.5. The normalized spacial score (nSPS) is 12.2. The first-order valence-electron chi connectivity index (χ1n) is 11.7. The van der Waals surface area contributed by atoms with Crippen molar-refractivity contribution in [3.05, 3.63) is 46.7 Å². The summed E-state index contributed by atoms with van der Waals surface area (Å²) in [6.45, 7) is 9.96. The molecule has 186 valence electrons. The summed E-state index contributed by atoms with van der Waals surface area (Å²) < 4.78 is 4.94. The Hall–Kier alpha value is -2.87. The van der Waals surface area contributed by atoms with Crippen LogP contribution in [0, 0.1) is 6.92 Å². The molecule has 1 atom stereocenters. The second-order valence-corrected chi connectivity index (χ2v) is 9.37. The molecule has 0 saturated heterocycles. The van der Waals surface area contributed by atoms with Crippen LogP contribution in [0.1, 0.15) is 77.2 Å². The summed E-state index contributed by atoms with van der Waals surface area (Å²) in [5, 5.41) is 9.81. The number of amides is 3. The van der Waals surface area contributed by atoms with Crippen LogP contribution >= 0.6 is 11.6 Å². The number of carbonyl (C=O) groups is 3. The van der Waals surface area contributed by atoms with E-state index in [1.54, 1.807) is 42.2 Å². The van der Waals surface area contributed by atoms with Crippen molar-refractivity contribution in [3.63, 3.8) is 0 Å². The lowest BCUT2D eigenvalue weighted by molar-refractivity contribution is -0.142. The quantitative estimate of drug-likeness (QED) is 0.434. The van der Waals surface area contributed by atoms with Gasteiger partial charge in [0.15, 0.2) is 5.82 Å². The maximum Gasteiger partial charge on any atom is 0.247 e. The highest BCUT2D eigenvalue weighted by Crippen LogP contribution is 2.30. The van der Waals surface area contributed by atoms with Crippen molar-refractivity contribution < 1.29 is 18.9 Å². The minimum Gasteiger partial charge on any atom is -0.360 e. The number of hydrogen-bond acceptors (Lipinski definition) is 5. The lowest BCUT2D eigenvalue weighted by Crippen LogP contribution is -2.50. The van der Waals surface area contributed by atoms with Crippen molar-refractivity contribution in [2.45, 2.75) is 78.3 Å². The summed E-state index contributed by atoms with van der Waals surface area (Å²) in [5.74, 6) is -0.0854. The van der Waals surface area contributed by atoms with Crippen LogP contribution in [0.3, 0.4) is 0 Å². The highest BCUT2D eigenvalue weighted by Gasteiger charge is 2.34. The molecule has 2 rings (SSSR count). The molecule has 0 fully saturated rings. The Kier molecular flexibility index (Phi) is 10.1. The summed E-state index contributed by atoms with van der Waals surface area (Å²) in [6, 6.07) is 7.74. The zero-order valence-electron chi connectivity index (χ0n) is 20.6. The highest BCUT2D eigenvalue weighted by molar-refractivity contribution is 6.31. The zero-order chi connectivity index (χ0) is 25.3. The van der Waals surface area contributed by atoms with E-state index in [0.29, 0.717) is 35.1 Å². The van der Waals surface area contributed by atoms with E-state index < -0.39 is 11.6 Å². The van der Waals surface area contributed by atoms with Crippen molar-refractivity contribution in [1.29, 1.82) is 0 Å². The van der Waals surface area contributed by atoms with Gasteiger partial charge in [0, 0.05) is 41.6 Å². The van der Waals surface area contributed by atoms with Gasteiger partial charge in [-0.05, 0) is 39.7 Å². The molecule has 2 aromatic rings. The number of carbonyl (C=O) groups excluding carboxylic acids is 3. The molecular formula is C25H35ClN4O4. The summed E-state index contributed by atoms with van der Waals surface area (Å²) in [7, 11) is 0. The fraction of sp³-hybridized carbons (Fsp3) is 0.520. The van der Waals surface area contributed by atoms with Crippen LogP contribution in [-0.2, 0) is 14.4 Å². The first-order chi connectivity index (χ1) is 16.1. The fourth-order valence-corrected chi connectivity index (χ4v) is 3.60. The number of anilines is 1. The average molecular weight is 491 g/mol. The Bertz CT molecular complexity index is 989. The van der Waals surface area contributed by atoms with Gasteiger partial charge in [0.05, 0.1) is 0 Å². The third-order valence-electron chi connectivity index (χ3n) is 5.64. The Morgan fingerprint density at radius 3 is 2.47 bits per heavy atom. The third-order valence-corrected chi connectivity index (χ3v) is 5.98. The van der Waals surface area contributed by atoms with Gasteiger partial charge in [0.1, 0.15) is 11.8 Å². The molecule has 1 aromatic carbocycles. The first-order valence-corrected chi connectivity index (χ1v) is 12.0. The number of hydrogen-bond donors (Lipinski definition) is 2. The molecule has 0 aliphatic heterocycles. The van der Waals surface area contributed by atoms with Crippen LogP contribution in [-0.4, -0.2) is 39.9 Å². The van der Waals surface area contributed by atoms with Crippen molar-refractivity contribution in [2.24, 2.45) is 0 Å². The molecule has 1 aromatic heterocycles. The lowest BCUT2D eigenvalue weighted by Gasteiger charge is -2.35. The van der Waals surface area contributed by atoms with Gasteiger partial charge < -0.3 is 20.1 Å². The second kappa shape index (κ2) is 12.6. The van der Waals surface area contributed by atoms with E-state index in [4.69, 9.17) is 16.1 Å². The molecule has 3 amide bonds. The first kappa shape index (κ1) is 27.4. The van der Waals surface area contributed by atoms with Gasteiger partial charge in [0.25, 0.3) is 0 Å². The van der Waals surface area contributed by atoms with Crippen LogP contribution in [0.2, 0.25) is 5.02 Å². The van der Waals surface area contributed by atoms with E-state index in [9.17, 15) is 14.4 Å². The lowest BCUT2D eigenvalue weighted by atomic mass is 9.98. The minimum absolute atomic E-state index is 0.0509.